The topological polar surface area (TPSA) is 26.0 Å². The van der Waals surface area contributed by atoms with Crippen molar-refractivity contribution in [3.63, 3.8) is 0 Å². The van der Waals surface area contributed by atoms with E-state index in [2.05, 4.69) is 13.8 Å². The van der Waals surface area contributed by atoms with Crippen molar-refractivity contribution >= 4 is 23.2 Å². The SMILES string of the molecule is CCC(CC)C(N)c1ccc(Cl)c(Cl)c1. The fourth-order valence-corrected chi connectivity index (χ4v) is 2.09. The molecule has 1 aromatic carbocycles. The molecule has 1 rings (SSSR count). The summed E-state index contributed by atoms with van der Waals surface area (Å²) >= 11 is 11.8. The average Bonchev–Trinajstić information content (AvgIpc) is 2.23. The van der Waals surface area contributed by atoms with Crippen LogP contribution in [0.25, 0.3) is 0 Å². The number of hydrogen-bond donors (Lipinski definition) is 1. The molecule has 0 radical (unpaired) electrons. The van der Waals surface area contributed by atoms with Crippen molar-refractivity contribution in [2.24, 2.45) is 11.7 Å². The van der Waals surface area contributed by atoms with E-state index in [9.17, 15) is 0 Å². The van der Waals surface area contributed by atoms with Crippen molar-refractivity contribution in [3.8, 4) is 0 Å². The first kappa shape index (κ1) is 12.8. The van der Waals surface area contributed by atoms with Crippen LogP contribution >= 0.6 is 23.2 Å². The maximum absolute atomic E-state index is 6.18. The number of nitrogens with two attached hydrogens (primary N) is 1. The van der Waals surface area contributed by atoms with E-state index in [-0.39, 0.29) is 6.04 Å². The van der Waals surface area contributed by atoms with Crippen LogP contribution in [0.3, 0.4) is 0 Å². The summed E-state index contributed by atoms with van der Waals surface area (Å²) < 4.78 is 0. The summed E-state index contributed by atoms with van der Waals surface area (Å²) in [7, 11) is 0. The Bertz CT molecular complexity index is 321. The molecule has 3 heteroatoms. The first-order valence-electron chi connectivity index (χ1n) is 5.30. The van der Waals surface area contributed by atoms with Gasteiger partial charge in [0.1, 0.15) is 0 Å². The Hall–Kier alpha value is -0.240. The smallest absolute Gasteiger partial charge is 0.0595 e. The van der Waals surface area contributed by atoms with Gasteiger partial charge in [-0.1, -0.05) is 56.0 Å². The first-order valence-corrected chi connectivity index (χ1v) is 6.06. The summed E-state index contributed by atoms with van der Waals surface area (Å²) in [6.07, 6.45) is 2.16. The van der Waals surface area contributed by atoms with Gasteiger partial charge >= 0.3 is 0 Å². The molecule has 0 aliphatic heterocycles. The van der Waals surface area contributed by atoms with E-state index in [1.807, 2.05) is 18.2 Å². The maximum Gasteiger partial charge on any atom is 0.0595 e. The van der Waals surface area contributed by atoms with Crippen LogP contribution in [0.5, 0.6) is 0 Å². The van der Waals surface area contributed by atoms with Gasteiger partial charge in [0.25, 0.3) is 0 Å². The van der Waals surface area contributed by atoms with Gasteiger partial charge in [0.05, 0.1) is 10.0 Å². The number of benzene rings is 1. The lowest BCUT2D eigenvalue weighted by Gasteiger charge is -2.21. The van der Waals surface area contributed by atoms with Gasteiger partial charge in [-0.25, -0.2) is 0 Å². The predicted molar refractivity (Wildman–Crippen MR) is 67.5 cm³/mol. The molecule has 1 atom stereocenters. The molecule has 0 spiro atoms. The molecule has 84 valence electrons. The Morgan fingerprint density at radius 2 is 1.73 bits per heavy atom. The zero-order chi connectivity index (χ0) is 11.4. The lowest BCUT2D eigenvalue weighted by Crippen LogP contribution is -2.20. The van der Waals surface area contributed by atoms with Crippen LogP contribution in [0.15, 0.2) is 18.2 Å². The first-order chi connectivity index (χ1) is 7.10. The molecule has 0 amide bonds. The highest BCUT2D eigenvalue weighted by Gasteiger charge is 2.16. The maximum atomic E-state index is 6.18. The Balaban J connectivity index is 2.90. The highest BCUT2D eigenvalue weighted by Crippen LogP contribution is 2.29. The van der Waals surface area contributed by atoms with Crippen LogP contribution in [0.4, 0.5) is 0 Å². The Kier molecular flexibility index (Phi) is 4.91. The zero-order valence-corrected chi connectivity index (χ0v) is 10.6. The van der Waals surface area contributed by atoms with Crippen LogP contribution in [0, 0.1) is 5.92 Å². The third kappa shape index (κ3) is 3.10. The van der Waals surface area contributed by atoms with E-state index in [0.29, 0.717) is 16.0 Å². The normalized spacial score (nSPS) is 13.2. The number of rotatable bonds is 4. The van der Waals surface area contributed by atoms with Crippen molar-refractivity contribution in [2.75, 3.05) is 0 Å². The van der Waals surface area contributed by atoms with Crippen LogP contribution in [0.2, 0.25) is 10.0 Å². The molecule has 0 saturated heterocycles. The molecule has 0 heterocycles. The fraction of sp³-hybridized carbons (Fsp3) is 0.500. The molecule has 1 aromatic rings. The molecule has 1 unspecified atom stereocenters. The number of hydrogen-bond acceptors (Lipinski definition) is 1. The predicted octanol–water partition coefficient (Wildman–Crippen LogP) is 4.43. The minimum Gasteiger partial charge on any atom is -0.324 e. The minimum atomic E-state index is 0.0507. The molecule has 0 saturated carbocycles. The van der Waals surface area contributed by atoms with Gasteiger partial charge in [0, 0.05) is 6.04 Å². The van der Waals surface area contributed by atoms with Gasteiger partial charge in [-0.3, -0.25) is 0 Å². The molecule has 0 aliphatic rings. The van der Waals surface area contributed by atoms with E-state index in [4.69, 9.17) is 28.9 Å². The highest BCUT2D eigenvalue weighted by molar-refractivity contribution is 6.42. The van der Waals surface area contributed by atoms with Crippen molar-refractivity contribution in [1.29, 1.82) is 0 Å². The molecule has 0 aliphatic carbocycles. The Morgan fingerprint density at radius 3 is 2.20 bits per heavy atom. The van der Waals surface area contributed by atoms with Gasteiger partial charge in [-0.15, -0.1) is 0 Å². The van der Waals surface area contributed by atoms with Gasteiger partial charge in [-0.05, 0) is 23.6 Å². The van der Waals surface area contributed by atoms with Crippen molar-refractivity contribution < 1.29 is 0 Å². The van der Waals surface area contributed by atoms with Crippen molar-refractivity contribution in [1.82, 2.24) is 0 Å². The summed E-state index contributed by atoms with van der Waals surface area (Å²) in [5.74, 6) is 0.502. The number of halogens is 2. The van der Waals surface area contributed by atoms with Gasteiger partial charge in [0.15, 0.2) is 0 Å². The van der Waals surface area contributed by atoms with Gasteiger partial charge < -0.3 is 5.73 Å². The largest absolute Gasteiger partial charge is 0.324 e. The lowest BCUT2D eigenvalue weighted by atomic mass is 9.90. The van der Waals surface area contributed by atoms with E-state index in [1.165, 1.54) is 0 Å². The summed E-state index contributed by atoms with van der Waals surface area (Å²) in [5.41, 5.74) is 7.25. The molecule has 1 nitrogen and oxygen atoms in total. The molecular weight excluding hydrogens is 229 g/mol. The molecule has 0 fully saturated rings. The van der Waals surface area contributed by atoms with Crippen LogP contribution in [0.1, 0.15) is 38.3 Å². The average molecular weight is 246 g/mol. The van der Waals surface area contributed by atoms with Crippen molar-refractivity contribution in [3.05, 3.63) is 33.8 Å². The van der Waals surface area contributed by atoms with Gasteiger partial charge in [0.2, 0.25) is 0 Å². The fourth-order valence-electron chi connectivity index (χ4n) is 1.79. The summed E-state index contributed by atoms with van der Waals surface area (Å²) in [5, 5.41) is 1.16. The Labute approximate surface area is 102 Å². The third-order valence-electron chi connectivity index (χ3n) is 2.89. The second-order valence-electron chi connectivity index (χ2n) is 3.78. The highest BCUT2D eigenvalue weighted by atomic mass is 35.5. The van der Waals surface area contributed by atoms with E-state index in [1.54, 1.807) is 0 Å². The summed E-state index contributed by atoms with van der Waals surface area (Å²) in [4.78, 5) is 0. The molecular formula is C12H17Cl2N. The van der Waals surface area contributed by atoms with E-state index < -0.39 is 0 Å². The third-order valence-corrected chi connectivity index (χ3v) is 3.62. The monoisotopic (exact) mass is 245 g/mol. The molecule has 0 bridgehead atoms. The lowest BCUT2D eigenvalue weighted by molar-refractivity contribution is 0.405. The standard InChI is InChI=1S/C12H17Cl2N/c1-3-8(4-2)12(15)9-5-6-10(13)11(14)7-9/h5-8,12H,3-4,15H2,1-2H3. The zero-order valence-electron chi connectivity index (χ0n) is 9.13. The van der Waals surface area contributed by atoms with E-state index in [0.717, 1.165) is 18.4 Å². The summed E-state index contributed by atoms with van der Waals surface area (Å²) in [6.45, 7) is 4.32. The quantitative estimate of drug-likeness (QED) is 0.835. The van der Waals surface area contributed by atoms with Crippen LogP contribution in [-0.4, -0.2) is 0 Å². The van der Waals surface area contributed by atoms with Crippen molar-refractivity contribution in [2.45, 2.75) is 32.7 Å². The summed E-state index contributed by atoms with van der Waals surface area (Å²) in [6, 6.07) is 5.68. The van der Waals surface area contributed by atoms with Crippen LogP contribution < -0.4 is 5.73 Å². The second-order valence-corrected chi connectivity index (χ2v) is 4.59. The van der Waals surface area contributed by atoms with Gasteiger partial charge in [-0.2, -0.15) is 0 Å². The van der Waals surface area contributed by atoms with Crippen LogP contribution in [-0.2, 0) is 0 Å². The minimum absolute atomic E-state index is 0.0507. The molecule has 0 aromatic heterocycles. The second kappa shape index (κ2) is 5.74. The van der Waals surface area contributed by atoms with E-state index >= 15 is 0 Å². The molecule has 2 N–H and O–H groups in total. The molecule has 15 heavy (non-hydrogen) atoms. The Morgan fingerprint density at radius 1 is 1.13 bits per heavy atom.